The van der Waals surface area contributed by atoms with Crippen LogP contribution in [0.15, 0.2) is 15.8 Å². The molecule has 246 valence electrons. The van der Waals surface area contributed by atoms with E-state index in [1.54, 1.807) is 0 Å². The normalized spacial score (nSPS) is 11.5. The van der Waals surface area contributed by atoms with Crippen LogP contribution in [0.2, 0.25) is 0 Å². The molecule has 0 spiro atoms. The summed E-state index contributed by atoms with van der Waals surface area (Å²) in [6, 6.07) is 0. The molecule has 0 aliphatic rings. The first-order valence-electron chi connectivity index (χ1n) is 15.7. The van der Waals surface area contributed by atoms with Crippen LogP contribution < -0.4 is 11.2 Å². The number of aromatic amines is 1. The molecule has 42 heavy (non-hydrogen) atoms. The molecule has 0 aliphatic carbocycles. The minimum Gasteiger partial charge on any atom is -0.379 e. The van der Waals surface area contributed by atoms with E-state index in [9.17, 15) is 14.0 Å². The van der Waals surface area contributed by atoms with Gasteiger partial charge in [0.1, 0.15) is 0 Å². The number of halogens is 1. The molecule has 1 heterocycles. The van der Waals surface area contributed by atoms with Gasteiger partial charge in [-0.15, -0.1) is 0 Å². The van der Waals surface area contributed by atoms with E-state index in [1.165, 1.54) is 57.8 Å². The van der Waals surface area contributed by atoms with Crippen LogP contribution in [0.1, 0.15) is 71.1 Å². The smallest absolute Gasteiger partial charge is 0.328 e. The maximum atomic E-state index is 13.2. The van der Waals surface area contributed by atoms with Gasteiger partial charge in [-0.3, -0.25) is 14.3 Å². The van der Waals surface area contributed by atoms with Crippen LogP contribution in [0.4, 0.5) is 4.39 Å². The molecule has 0 amide bonds. The molecule has 1 N–H and O–H groups in total. The Hall–Kier alpha value is -1.67. The SMILES string of the molecule is CCCCCCCCCCCCOCCOCCOCCOCCOCCOCCOCCn1cc(F)c(=O)[nH]c1=O. The summed E-state index contributed by atoms with van der Waals surface area (Å²) in [6.45, 7) is 9.18. The maximum absolute atomic E-state index is 13.2. The van der Waals surface area contributed by atoms with Crippen molar-refractivity contribution in [1.82, 2.24) is 9.55 Å². The Labute approximate surface area is 250 Å². The number of nitrogens with zero attached hydrogens (tertiary/aromatic N) is 1. The third-order valence-electron chi connectivity index (χ3n) is 6.32. The van der Waals surface area contributed by atoms with Crippen molar-refractivity contribution in [2.45, 2.75) is 77.7 Å². The predicted molar refractivity (Wildman–Crippen MR) is 159 cm³/mol. The summed E-state index contributed by atoms with van der Waals surface area (Å²) >= 11 is 0. The highest BCUT2D eigenvalue weighted by atomic mass is 19.1. The summed E-state index contributed by atoms with van der Waals surface area (Å²) in [5.74, 6) is -1.01. The third-order valence-corrected chi connectivity index (χ3v) is 6.32. The largest absolute Gasteiger partial charge is 0.379 e. The summed E-state index contributed by atoms with van der Waals surface area (Å²) in [4.78, 5) is 24.4. The van der Waals surface area contributed by atoms with Gasteiger partial charge >= 0.3 is 5.69 Å². The Balaban J connectivity index is 1.68. The Bertz CT molecular complexity index is 838. The predicted octanol–water partition coefficient (Wildman–Crippen LogP) is 3.71. The molecule has 12 heteroatoms. The van der Waals surface area contributed by atoms with Crippen LogP contribution in [0.25, 0.3) is 0 Å². The lowest BCUT2D eigenvalue weighted by Crippen LogP contribution is -2.32. The topological polar surface area (TPSA) is 119 Å². The molecular weight excluding hydrogens is 551 g/mol. The minimum absolute atomic E-state index is 0.128. The van der Waals surface area contributed by atoms with Gasteiger partial charge in [-0.25, -0.2) is 4.79 Å². The monoisotopic (exact) mass is 606 g/mol. The number of unbranched alkanes of at least 4 members (excludes halogenated alkanes) is 9. The zero-order chi connectivity index (χ0) is 30.4. The second-order valence-corrected chi connectivity index (χ2v) is 9.90. The Morgan fingerprint density at radius 2 is 0.905 bits per heavy atom. The van der Waals surface area contributed by atoms with E-state index in [4.69, 9.17) is 33.2 Å². The number of nitrogens with one attached hydrogen (secondary N) is 1. The third kappa shape index (κ3) is 23.8. The summed E-state index contributed by atoms with van der Waals surface area (Å²) < 4.78 is 52.5. The second-order valence-electron chi connectivity index (χ2n) is 9.90. The van der Waals surface area contributed by atoms with Crippen LogP contribution >= 0.6 is 0 Å². The molecule has 1 aromatic rings. The molecule has 0 atom stereocenters. The van der Waals surface area contributed by atoms with E-state index in [-0.39, 0.29) is 13.2 Å². The van der Waals surface area contributed by atoms with Gasteiger partial charge in [0.25, 0.3) is 5.56 Å². The molecule has 0 fully saturated rings. The Morgan fingerprint density at radius 3 is 1.33 bits per heavy atom. The molecule has 0 saturated heterocycles. The maximum Gasteiger partial charge on any atom is 0.328 e. The minimum atomic E-state index is -1.03. The number of ether oxygens (including phenoxy) is 7. The van der Waals surface area contributed by atoms with E-state index in [0.717, 1.165) is 23.8 Å². The fourth-order valence-corrected chi connectivity index (χ4v) is 3.92. The van der Waals surface area contributed by atoms with Crippen molar-refractivity contribution >= 4 is 0 Å². The van der Waals surface area contributed by atoms with E-state index in [0.29, 0.717) is 79.3 Å². The standard InChI is InChI=1S/C30H55FN2O9/c1-2-3-4-5-6-7-8-9-10-11-13-36-15-17-38-19-21-40-23-25-42-26-24-41-22-20-39-18-16-37-14-12-33-27-28(31)29(34)32-30(33)35/h27H,2-26H2,1H3,(H,32,34,35). The molecular formula is C30H55FN2O9. The van der Waals surface area contributed by atoms with Gasteiger partial charge in [0.05, 0.1) is 98.6 Å². The van der Waals surface area contributed by atoms with Gasteiger partial charge in [-0.2, -0.15) is 4.39 Å². The summed E-state index contributed by atoms with van der Waals surface area (Å²) in [5.41, 5.74) is -1.71. The lowest BCUT2D eigenvalue weighted by atomic mass is 10.1. The summed E-state index contributed by atoms with van der Waals surface area (Å²) in [7, 11) is 0. The van der Waals surface area contributed by atoms with E-state index < -0.39 is 17.1 Å². The Morgan fingerprint density at radius 1 is 0.548 bits per heavy atom. The molecule has 0 aliphatic heterocycles. The van der Waals surface area contributed by atoms with Crippen LogP contribution in [-0.2, 0) is 39.7 Å². The number of rotatable bonds is 32. The number of aromatic nitrogens is 2. The molecule has 0 unspecified atom stereocenters. The van der Waals surface area contributed by atoms with Crippen LogP contribution in [0.5, 0.6) is 0 Å². The fraction of sp³-hybridized carbons (Fsp3) is 0.867. The van der Waals surface area contributed by atoms with Gasteiger partial charge in [0.2, 0.25) is 5.82 Å². The molecule has 11 nitrogen and oxygen atoms in total. The second kappa shape index (κ2) is 29.4. The first-order chi connectivity index (χ1) is 20.6. The van der Waals surface area contributed by atoms with Crippen molar-refractivity contribution < 1.29 is 37.5 Å². The van der Waals surface area contributed by atoms with E-state index in [1.807, 2.05) is 4.98 Å². The fourth-order valence-electron chi connectivity index (χ4n) is 3.92. The zero-order valence-electron chi connectivity index (χ0n) is 25.8. The van der Waals surface area contributed by atoms with Gasteiger partial charge in [0.15, 0.2) is 0 Å². The summed E-state index contributed by atoms with van der Waals surface area (Å²) in [5, 5.41) is 0. The van der Waals surface area contributed by atoms with Crippen molar-refractivity contribution in [2.24, 2.45) is 0 Å². The highest BCUT2D eigenvalue weighted by Gasteiger charge is 2.03. The van der Waals surface area contributed by atoms with Crippen LogP contribution in [0.3, 0.4) is 0 Å². The molecule has 0 radical (unpaired) electrons. The molecule has 0 bridgehead atoms. The highest BCUT2D eigenvalue weighted by Crippen LogP contribution is 2.10. The van der Waals surface area contributed by atoms with Crippen LogP contribution in [-0.4, -0.2) is 102 Å². The number of hydrogen-bond donors (Lipinski definition) is 1. The Kier molecular flexibility index (Phi) is 26.9. The van der Waals surface area contributed by atoms with Crippen molar-refractivity contribution in [3.63, 3.8) is 0 Å². The van der Waals surface area contributed by atoms with Gasteiger partial charge in [-0.05, 0) is 6.42 Å². The highest BCUT2D eigenvalue weighted by molar-refractivity contribution is 4.86. The molecule has 0 aromatic carbocycles. The average molecular weight is 607 g/mol. The lowest BCUT2D eigenvalue weighted by molar-refractivity contribution is -0.0207. The van der Waals surface area contributed by atoms with Gasteiger partial charge in [-0.1, -0.05) is 64.7 Å². The van der Waals surface area contributed by atoms with Crippen molar-refractivity contribution in [2.75, 3.05) is 92.5 Å². The van der Waals surface area contributed by atoms with E-state index >= 15 is 0 Å². The van der Waals surface area contributed by atoms with Crippen molar-refractivity contribution in [3.05, 3.63) is 32.9 Å². The zero-order valence-corrected chi connectivity index (χ0v) is 25.8. The molecule has 1 rings (SSSR count). The van der Waals surface area contributed by atoms with Gasteiger partial charge in [0, 0.05) is 6.61 Å². The average Bonchev–Trinajstić information content (AvgIpc) is 2.98. The first-order valence-corrected chi connectivity index (χ1v) is 15.7. The number of hydrogen-bond acceptors (Lipinski definition) is 9. The van der Waals surface area contributed by atoms with Gasteiger partial charge < -0.3 is 33.2 Å². The van der Waals surface area contributed by atoms with E-state index in [2.05, 4.69) is 6.92 Å². The van der Waals surface area contributed by atoms with Crippen LogP contribution in [0, 0.1) is 5.82 Å². The van der Waals surface area contributed by atoms with Crippen molar-refractivity contribution in [3.8, 4) is 0 Å². The summed E-state index contributed by atoms with van der Waals surface area (Å²) in [6.07, 6.45) is 14.2. The lowest BCUT2D eigenvalue weighted by Gasteiger charge is -2.09. The number of H-pyrrole nitrogens is 1. The first kappa shape index (κ1) is 38.4. The molecule has 1 aromatic heterocycles. The quantitative estimate of drug-likeness (QED) is 0.122. The molecule has 0 saturated carbocycles. The van der Waals surface area contributed by atoms with Crippen molar-refractivity contribution in [1.29, 1.82) is 0 Å².